The first-order valence-electron chi connectivity index (χ1n) is 7.27. The molecule has 0 fully saturated rings. The third kappa shape index (κ3) is 4.70. The Morgan fingerprint density at radius 2 is 1.72 bits per heavy atom. The molecule has 3 nitrogen and oxygen atoms in total. The van der Waals surface area contributed by atoms with Gasteiger partial charge in [0.25, 0.3) is 5.91 Å². The average Bonchev–Trinajstić information content (AvgIpc) is 2.54. The van der Waals surface area contributed by atoms with E-state index in [1.807, 2.05) is 36.5 Å². The molecule has 130 valence electrons. The van der Waals surface area contributed by atoms with E-state index in [1.165, 1.54) is 12.1 Å². The molecular weight excluding hydrogens is 353 g/mol. The largest absolute Gasteiger partial charge is 1.00 e. The molecule has 3 rings (SSSR count). The van der Waals surface area contributed by atoms with Gasteiger partial charge in [0.1, 0.15) is 0 Å². The number of nitrogens with one attached hydrogen (secondary N) is 1. The van der Waals surface area contributed by atoms with E-state index in [4.69, 9.17) is 0 Å². The van der Waals surface area contributed by atoms with E-state index in [0.29, 0.717) is 0 Å². The molecule has 1 amide bonds. The van der Waals surface area contributed by atoms with Crippen molar-refractivity contribution in [2.24, 2.45) is 0 Å². The normalized spacial score (nSPS) is 11.0. The van der Waals surface area contributed by atoms with Crippen LogP contribution in [0, 0.1) is 0 Å². The number of pyridine rings is 1. The van der Waals surface area contributed by atoms with Gasteiger partial charge < -0.3 is 17.7 Å². The van der Waals surface area contributed by atoms with Gasteiger partial charge in [-0.05, 0) is 29.7 Å². The molecule has 25 heavy (non-hydrogen) atoms. The number of hydrogen-bond donors (Lipinski definition) is 1. The van der Waals surface area contributed by atoms with Crippen LogP contribution < -0.4 is 22.3 Å². The van der Waals surface area contributed by atoms with Gasteiger partial charge in [-0.1, -0.05) is 24.3 Å². The molecule has 0 radical (unpaired) electrons. The molecule has 3 aromatic rings. The highest BCUT2D eigenvalue weighted by Gasteiger charge is 2.30. The van der Waals surface area contributed by atoms with E-state index < -0.39 is 17.6 Å². The summed E-state index contributed by atoms with van der Waals surface area (Å²) in [6, 6.07) is 14.2. The maximum Gasteiger partial charge on any atom is 0.416 e. The average molecular weight is 367 g/mol. The topological polar surface area (TPSA) is 33.0 Å². The van der Waals surface area contributed by atoms with Gasteiger partial charge in [-0.15, -0.1) is 0 Å². The van der Waals surface area contributed by atoms with Crippen LogP contribution in [0.2, 0.25) is 0 Å². The summed E-state index contributed by atoms with van der Waals surface area (Å²) >= 11 is 0. The van der Waals surface area contributed by atoms with Crippen LogP contribution in [0.25, 0.3) is 10.8 Å². The van der Waals surface area contributed by atoms with Crippen molar-refractivity contribution in [2.45, 2.75) is 12.7 Å². The zero-order chi connectivity index (χ0) is 17.2. The number of rotatable bonds is 3. The van der Waals surface area contributed by atoms with Crippen LogP contribution in [-0.4, -0.2) is 5.91 Å². The number of halogens is 4. The molecule has 2 aromatic carbocycles. The van der Waals surface area contributed by atoms with Crippen LogP contribution in [0.3, 0.4) is 0 Å². The van der Waals surface area contributed by atoms with Crippen LogP contribution in [0.1, 0.15) is 5.56 Å². The second-order valence-electron chi connectivity index (χ2n) is 5.37. The van der Waals surface area contributed by atoms with E-state index >= 15 is 0 Å². The van der Waals surface area contributed by atoms with Crippen LogP contribution in [-0.2, 0) is 17.5 Å². The minimum Gasteiger partial charge on any atom is -1.00 e. The quantitative estimate of drug-likeness (QED) is 0.683. The summed E-state index contributed by atoms with van der Waals surface area (Å²) in [5.74, 6) is -0.394. The van der Waals surface area contributed by atoms with Gasteiger partial charge in [0, 0.05) is 17.1 Å². The third-order valence-corrected chi connectivity index (χ3v) is 3.55. The number of carbonyl (C=O) groups is 1. The Labute approximate surface area is 148 Å². The number of anilines is 1. The molecule has 0 aliphatic rings. The molecule has 0 spiro atoms. The van der Waals surface area contributed by atoms with Crippen molar-refractivity contribution in [1.29, 1.82) is 0 Å². The SMILES string of the molecule is O=C(C[n+]1ccc2ccccc2c1)Nc1cccc(C(F)(F)F)c1.[Cl-]. The molecule has 7 heteroatoms. The minimum atomic E-state index is -4.44. The van der Waals surface area contributed by atoms with Crippen molar-refractivity contribution in [3.8, 4) is 0 Å². The zero-order valence-corrected chi connectivity index (χ0v) is 13.7. The van der Waals surface area contributed by atoms with Crippen LogP contribution in [0.4, 0.5) is 18.9 Å². The van der Waals surface area contributed by atoms with E-state index in [0.717, 1.165) is 22.9 Å². The highest BCUT2D eigenvalue weighted by atomic mass is 35.5. The predicted molar refractivity (Wildman–Crippen MR) is 84.2 cm³/mol. The van der Waals surface area contributed by atoms with Crippen LogP contribution >= 0.6 is 0 Å². The van der Waals surface area contributed by atoms with Gasteiger partial charge in [0.2, 0.25) is 6.54 Å². The van der Waals surface area contributed by atoms with Crippen molar-refractivity contribution in [2.75, 3.05) is 5.32 Å². The monoisotopic (exact) mass is 366 g/mol. The van der Waals surface area contributed by atoms with E-state index in [-0.39, 0.29) is 24.6 Å². The zero-order valence-electron chi connectivity index (χ0n) is 12.9. The molecule has 0 aliphatic carbocycles. The van der Waals surface area contributed by atoms with E-state index in [2.05, 4.69) is 5.32 Å². The van der Waals surface area contributed by atoms with Gasteiger partial charge in [0.15, 0.2) is 12.4 Å². The van der Waals surface area contributed by atoms with E-state index in [9.17, 15) is 18.0 Å². The number of hydrogen-bond acceptors (Lipinski definition) is 1. The standard InChI is InChI=1S/C18H13F3N2O.ClH/c19-18(20,21)15-6-3-7-16(10-15)22-17(24)12-23-9-8-13-4-1-2-5-14(13)11-23;/h1-11H,12H2;1H. The number of alkyl halides is 3. The Bertz CT molecular complexity index is 897. The molecule has 0 aliphatic heterocycles. The number of benzene rings is 2. The first kappa shape index (κ1) is 18.7. The summed E-state index contributed by atoms with van der Waals surface area (Å²) in [5.41, 5.74) is -0.671. The lowest BCUT2D eigenvalue weighted by atomic mass is 10.2. The number of nitrogens with zero attached hydrogens (tertiary/aromatic N) is 1. The molecule has 0 bridgehead atoms. The first-order valence-corrected chi connectivity index (χ1v) is 7.27. The maximum atomic E-state index is 12.7. The van der Waals surface area contributed by atoms with Crippen molar-refractivity contribution < 1.29 is 34.9 Å². The summed E-state index contributed by atoms with van der Waals surface area (Å²) in [7, 11) is 0. The van der Waals surface area contributed by atoms with Gasteiger partial charge >= 0.3 is 6.18 Å². The molecule has 1 heterocycles. The molecule has 1 aromatic heterocycles. The Kier molecular flexibility index (Phi) is 5.64. The molecule has 1 N–H and O–H groups in total. The Balaban J connectivity index is 0.00000225. The molecule has 0 saturated carbocycles. The lowest BCUT2D eigenvalue weighted by Gasteiger charge is -2.09. The van der Waals surface area contributed by atoms with Gasteiger partial charge in [-0.3, -0.25) is 4.79 Å². The third-order valence-electron chi connectivity index (χ3n) is 3.55. The van der Waals surface area contributed by atoms with Crippen LogP contribution in [0.15, 0.2) is 67.0 Å². The van der Waals surface area contributed by atoms with E-state index in [1.54, 1.807) is 10.8 Å². The number of amides is 1. The van der Waals surface area contributed by atoms with Gasteiger partial charge in [-0.2, -0.15) is 17.7 Å². The fourth-order valence-corrected chi connectivity index (χ4v) is 2.42. The number of carbonyl (C=O) groups excluding carboxylic acids is 1. The molecule has 0 atom stereocenters. The summed E-state index contributed by atoms with van der Waals surface area (Å²) < 4.78 is 39.7. The van der Waals surface area contributed by atoms with Crippen molar-refractivity contribution >= 4 is 22.4 Å². The second kappa shape index (κ2) is 7.53. The fourth-order valence-electron chi connectivity index (χ4n) is 2.42. The van der Waals surface area contributed by atoms with Gasteiger partial charge in [0.05, 0.1) is 5.56 Å². The smallest absolute Gasteiger partial charge is 0.416 e. The van der Waals surface area contributed by atoms with Gasteiger partial charge in [-0.25, -0.2) is 0 Å². The fraction of sp³-hybridized carbons (Fsp3) is 0.111. The summed E-state index contributed by atoms with van der Waals surface area (Å²) in [5, 5.41) is 4.52. The lowest BCUT2D eigenvalue weighted by molar-refractivity contribution is -0.682. The maximum absolute atomic E-state index is 12.7. The molecule has 0 unspecified atom stereocenters. The second-order valence-corrected chi connectivity index (χ2v) is 5.37. The Morgan fingerprint density at radius 1 is 1.00 bits per heavy atom. The number of fused-ring (bicyclic) bond motifs is 1. The Hall–Kier alpha value is -2.60. The minimum absolute atomic E-state index is 0. The molecular formula is C18H14ClF3N2O. The Morgan fingerprint density at radius 3 is 2.44 bits per heavy atom. The highest BCUT2D eigenvalue weighted by Crippen LogP contribution is 2.30. The predicted octanol–water partition coefficient (Wildman–Crippen LogP) is 0.789. The van der Waals surface area contributed by atoms with Crippen LogP contribution in [0.5, 0.6) is 0 Å². The van der Waals surface area contributed by atoms with Crippen molar-refractivity contribution in [3.05, 3.63) is 72.6 Å². The van der Waals surface area contributed by atoms with Crippen molar-refractivity contribution in [1.82, 2.24) is 0 Å². The first-order chi connectivity index (χ1) is 11.4. The number of aromatic nitrogens is 1. The summed E-state index contributed by atoms with van der Waals surface area (Å²) in [6.45, 7) is 0.0150. The summed E-state index contributed by atoms with van der Waals surface area (Å²) in [4.78, 5) is 12.1. The molecule has 0 saturated heterocycles. The van der Waals surface area contributed by atoms with Crippen molar-refractivity contribution in [3.63, 3.8) is 0 Å². The summed E-state index contributed by atoms with van der Waals surface area (Å²) in [6.07, 6.45) is -0.858. The highest BCUT2D eigenvalue weighted by molar-refractivity contribution is 5.89. The lowest BCUT2D eigenvalue weighted by Crippen LogP contribution is -3.00.